The molecule has 19 heavy (non-hydrogen) atoms. The topological polar surface area (TPSA) is 93.4 Å². The highest BCUT2D eigenvalue weighted by Crippen LogP contribution is 2.20. The van der Waals surface area contributed by atoms with E-state index < -0.39 is 15.8 Å². The summed E-state index contributed by atoms with van der Waals surface area (Å²) in [5, 5.41) is 11.1. The minimum absolute atomic E-state index is 0.0580. The number of sulfonamides is 1. The fraction of sp³-hybridized carbons (Fsp3) is 0.455. The second kappa shape index (κ2) is 5.41. The summed E-state index contributed by atoms with van der Waals surface area (Å²) in [6.07, 6.45) is -0.0580. The standard InChI is InChI=1S/C11H16FN3O3S/c1-18-11-6-14-5-10(11)15-9-3-2-7(4-8(9)12)19(13,16)17/h2-4,10-11,14-15H,5-6H2,1H3,(H2,13,16,17)/t10?,11-/m0/s1. The second-order valence-corrected chi connectivity index (χ2v) is 5.93. The summed E-state index contributed by atoms with van der Waals surface area (Å²) in [5.74, 6) is -0.659. The van der Waals surface area contributed by atoms with Crippen LogP contribution in [0.3, 0.4) is 0 Å². The number of primary sulfonamides is 1. The van der Waals surface area contributed by atoms with Gasteiger partial charge in [0.25, 0.3) is 0 Å². The Kier molecular flexibility index (Phi) is 4.04. The first-order valence-electron chi connectivity index (χ1n) is 5.74. The van der Waals surface area contributed by atoms with Gasteiger partial charge in [0.05, 0.1) is 22.7 Å². The molecule has 1 aliphatic heterocycles. The fourth-order valence-corrected chi connectivity index (χ4v) is 2.56. The molecule has 0 saturated carbocycles. The summed E-state index contributed by atoms with van der Waals surface area (Å²) >= 11 is 0. The zero-order chi connectivity index (χ0) is 14.0. The monoisotopic (exact) mass is 289 g/mol. The van der Waals surface area contributed by atoms with Gasteiger partial charge in [-0.25, -0.2) is 17.9 Å². The molecular weight excluding hydrogens is 273 g/mol. The van der Waals surface area contributed by atoms with Gasteiger partial charge in [-0.1, -0.05) is 0 Å². The molecule has 0 amide bonds. The van der Waals surface area contributed by atoms with Gasteiger partial charge < -0.3 is 15.4 Å². The summed E-state index contributed by atoms with van der Waals surface area (Å²) in [6.45, 7) is 1.33. The van der Waals surface area contributed by atoms with E-state index in [1.165, 1.54) is 12.1 Å². The van der Waals surface area contributed by atoms with Crippen LogP contribution in [-0.2, 0) is 14.8 Å². The Hall–Kier alpha value is -1.22. The van der Waals surface area contributed by atoms with Crippen molar-refractivity contribution in [2.75, 3.05) is 25.5 Å². The zero-order valence-electron chi connectivity index (χ0n) is 10.4. The summed E-state index contributed by atoms with van der Waals surface area (Å²) in [7, 11) is -2.30. The summed E-state index contributed by atoms with van der Waals surface area (Å²) in [6, 6.07) is 3.47. The van der Waals surface area contributed by atoms with Crippen molar-refractivity contribution in [3.05, 3.63) is 24.0 Å². The number of hydrogen-bond donors (Lipinski definition) is 3. The Morgan fingerprint density at radius 1 is 1.47 bits per heavy atom. The first kappa shape index (κ1) is 14.2. The number of anilines is 1. The van der Waals surface area contributed by atoms with Crippen molar-refractivity contribution in [1.82, 2.24) is 5.32 Å². The van der Waals surface area contributed by atoms with Crippen LogP contribution in [0.4, 0.5) is 10.1 Å². The average molecular weight is 289 g/mol. The Bertz CT molecular complexity index is 564. The molecular formula is C11H16FN3O3S. The van der Waals surface area contributed by atoms with Gasteiger partial charge in [-0.05, 0) is 18.2 Å². The van der Waals surface area contributed by atoms with E-state index in [2.05, 4.69) is 10.6 Å². The predicted octanol–water partition coefficient (Wildman–Crippen LogP) is -0.128. The summed E-state index contributed by atoms with van der Waals surface area (Å²) in [5.41, 5.74) is 0.225. The Balaban J connectivity index is 2.18. The van der Waals surface area contributed by atoms with E-state index in [9.17, 15) is 12.8 Å². The first-order chi connectivity index (χ1) is 8.91. The van der Waals surface area contributed by atoms with Gasteiger partial charge in [-0.2, -0.15) is 0 Å². The third-order valence-electron chi connectivity index (χ3n) is 3.07. The quantitative estimate of drug-likeness (QED) is 0.718. The van der Waals surface area contributed by atoms with Crippen LogP contribution in [0, 0.1) is 5.82 Å². The molecule has 0 bridgehead atoms. The van der Waals surface area contributed by atoms with Gasteiger partial charge in [-0.15, -0.1) is 0 Å². The van der Waals surface area contributed by atoms with Crippen LogP contribution >= 0.6 is 0 Å². The Morgan fingerprint density at radius 3 is 2.79 bits per heavy atom. The third kappa shape index (κ3) is 3.21. The lowest BCUT2D eigenvalue weighted by atomic mass is 10.2. The average Bonchev–Trinajstić information content (AvgIpc) is 2.77. The van der Waals surface area contributed by atoms with E-state index in [1.54, 1.807) is 7.11 Å². The molecule has 6 nitrogen and oxygen atoms in total. The molecule has 2 atom stereocenters. The number of halogens is 1. The van der Waals surface area contributed by atoms with E-state index in [0.717, 1.165) is 6.07 Å². The molecule has 0 spiro atoms. The third-order valence-corrected chi connectivity index (χ3v) is 3.98. The van der Waals surface area contributed by atoms with E-state index in [-0.39, 0.29) is 22.7 Å². The Morgan fingerprint density at radius 2 is 2.21 bits per heavy atom. The number of nitrogens with one attached hydrogen (secondary N) is 2. The number of hydrogen-bond acceptors (Lipinski definition) is 5. The van der Waals surface area contributed by atoms with Gasteiger partial charge in [0.1, 0.15) is 5.82 Å². The number of rotatable bonds is 4. The van der Waals surface area contributed by atoms with Crippen LogP contribution in [0.15, 0.2) is 23.1 Å². The van der Waals surface area contributed by atoms with Crippen molar-refractivity contribution >= 4 is 15.7 Å². The molecule has 0 aliphatic carbocycles. The lowest BCUT2D eigenvalue weighted by Crippen LogP contribution is -2.33. The molecule has 8 heteroatoms. The second-order valence-electron chi connectivity index (χ2n) is 4.37. The highest BCUT2D eigenvalue weighted by atomic mass is 32.2. The van der Waals surface area contributed by atoms with E-state index in [4.69, 9.17) is 9.88 Å². The minimum atomic E-state index is -3.89. The molecule has 4 N–H and O–H groups in total. The lowest BCUT2D eigenvalue weighted by molar-refractivity contribution is 0.111. The molecule has 1 heterocycles. The van der Waals surface area contributed by atoms with E-state index in [0.29, 0.717) is 13.1 Å². The number of benzene rings is 1. The lowest BCUT2D eigenvalue weighted by Gasteiger charge is -2.20. The fourth-order valence-electron chi connectivity index (χ4n) is 2.04. The van der Waals surface area contributed by atoms with Crippen molar-refractivity contribution in [3.63, 3.8) is 0 Å². The predicted molar refractivity (Wildman–Crippen MR) is 68.9 cm³/mol. The Labute approximate surface area is 111 Å². The molecule has 0 radical (unpaired) electrons. The van der Waals surface area contributed by atoms with Crippen LogP contribution in [0.25, 0.3) is 0 Å². The number of nitrogens with two attached hydrogens (primary N) is 1. The maximum atomic E-state index is 13.8. The van der Waals surface area contributed by atoms with Crippen LogP contribution < -0.4 is 15.8 Å². The number of ether oxygens (including phenoxy) is 1. The smallest absolute Gasteiger partial charge is 0.238 e. The molecule has 1 unspecified atom stereocenters. The summed E-state index contributed by atoms with van der Waals surface area (Å²) < 4.78 is 41.3. The molecule has 1 aromatic carbocycles. The largest absolute Gasteiger partial charge is 0.378 e. The van der Waals surface area contributed by atoms with E-state index in [1.807, 2.05) is 0 Å². The number of methoxy groups -OCH3 is 1. The van der Waals surface area contributed by atoms with Gasteiger partial charge in [0.15, 0.2) is 0 Å². The zero-order valence-corrected chi connectivity index (χ0v) is 11.2. The van der Waals surface area contributed by atoms with Gasteiger partial charge in [-0.3, -0.25) is 0 Å². The van der Waals surface area contributed by atoms with Crippen LogP contribution in [0.2, 0.25) is 0 Å². The molecule has 106 valence electrons. The van der Waals surface area contributed by atoms with Crippen LogP contribution in [0.5, 0.6) is 0 Å². The van der Waals surface area contributed by atoms with Gasteiger partial charge in [0.2, 0.25) is 10.0 Å². The van der Waals surface area contributed by atoms with Crippen molar-refractivity contribution < 1.29 is 17.5 Å². The molecule has 1 fully saturated rings. The maximum Gasteiger partial charge on any atom is 0.238 e. The van der Waals surface area contributed by atoms with Crippen LogP contribution in [0.1, 0.15) is 0 Å². The van der Waals surface area contributed by atoms with Crippen molar-refractivity contribution in [1.29, 1.82) is 0 Å². The molecule has 1 aromatic rings. The SMILES string of the molecule is CO[C@H]1CNCC1Nc1ccc(S(N)(=O)=O)cc1F. The summed E-state index contributed by atoms with van der Waals surface area (Å²) in [4.78, 5) is -0.247. The van der Waals surface area contributed by atoms with Gasteiger partial charge >= 0.3 is 0 Å². The highest BCUT2D eigenvalue weighted by Gasteiger charge is 2.27. The maximum absolute atomic E-state index is 13.8. The molecule has 1 aliphatic rings. The molecule has 1 saturated heterocycles. The van der Waals surface area contributed by atoms with Gasteiger partial charge in [0, 0.05) is 20.2 Å². The van der Waals surface area contributed by atoms with Crippen molar-refractivity contribution in [2.45, 2.75) is 17.0 Å². The van der Waals surface area contributed by atoms with Crippen molar-refractivity contribution in [2.24, 2.45) is 5.14 Å². The minimum Gasteiger partial charge on any atom is -0.378 e. The van der Waals surface area contributed by atoms with E-state index >= 15 is 0 Å². The highest BCUT2D eigenvalue weighted by molar-refractivity contribution is 7.89. The molecule has 0 aromatic heterocycles. The normalized spacial score (nSPS) is 23.5. The van der Waals surface area contributed by atoms with Crippen molar-refractivity contribution in [3.8, 4) is 0 Å². The first-order valence-corrected chi connectivity index (χ1v) is 7.29. The molecule has 2 rings (SSSR count). The van der Waals surface area contributed by atoms with Crippen LogP contribution in [-0.4, -0.2) is 40.8 Å².